The van der Waals surface area contributed by atoms with Gasteiger partial charge >= 0.3 is 0 Å². The minimum absolute atomic E-state index is 0. The standard InChI is InChI=1S/C10H10Cl3.Y/c1-7-4-3-5-8(2)9(7)6-10(11,12)13;/h4-5H,6H2,1-2H3;/q-1;. The van der Waals surface area contributed by atoms with Crippen molar-refractivity contribution < 1.29 is 32.7 Å². The molecule has 0 aliphatic carbocycles. The van der Waals surface area contributed by atoms with E-state index in [4.69, 9.17) is 34.8 Å². The zero-order valence-corrected chi connectivity index (χ0v) is 13.2. The molecule has 0 nitrogen and oxygen atoms in total. The van der Waals surface area contributed by atoms with E-state index in [2.05, 4.69) is 6.07 Å². The van der Waals surface area contributed by atoms with Crippen molar-refractivity contribution in [3.63, 3.8) is 0 Å². The van der Waals surface area contributed by atoms with E-state index >= 15 is 0 Å². The van der Waals surface area contributed by atoms with Gasteiger partial charge in [-0.3, -0.25) is 0 Å². The maximum atomic E-state index is 5.73. The molecular weight excluding hydrogens is 315 g/mol. The summed E-state index contributed by atoms with van der Waals surface area (Å²) in [4.78, 5) is 0. The molecule has 1 aromatic rings. The Balaban J connectivity index is 0.00000169. The fraction of sp³-hybridized carbons (Fsp3) is 0.400. The predicted molar refractivity (Wildman–Crippen MR) is 58.7 cm³/mol. The van der Waals surface area contributed by atoms with Gasteiger partial charge in [-0.1, -0.05) is 48.7 Å². The van der Waals surface area contributed by atoms with E-state index in [1.54, 1.807) is 0 Å². The van der Waals surface area contributed by atoms with Crippen LogP contribution in [0.25, 0.3) is 0 Å². The van der Waals surface area contributed by atoms with Gasteiger partial charge in [-0.25, -0.2) is 0 Å². The third kappa shape index (κ3) is 4.81. The monoisotopic (exact) mass is 324 g/mol. The van der Waals surface area contributed by atoms with E-state index in [9.17, 15) is 0 Å². The number of halogens is 3. The van der Waals surface area contributed by atoms with Crippen LogP contribution in [0, 0.1) is 19.9 Å². The first-order valence-electron chi connectivity index (χ1n) is 3.93. The van der Waals surface area contributed by atoms with Crippen LogP contribution in [0.2, 0.25) is 0 Å². The molecule has 75 valence electrons. The Hall–Kier alpha value is 1.19. The van der Waals surface area contributed by atoms with Crippen molar-refractivity contribution in [1.82, 2.24) is 0 Å². The summed E-state index contributed by atoms with van der Waals surface area (Å²) in [5, 5.41) is 0. The summed E-state index contributed by atoms with van der Waals surface area (Å²) in [5.41, 5.74) is 3.33. The van der Waals surface area contributed by atoms with Gasteiger partial charge in [0.1, 0.15) is 0 Å². The number of rotatable bonds is 1. The zero-order chi connectivity index (χ0) is 10.1. The van der Waals surface area contributed by atoms with Gasteiger partial charge in [0.05, 0.1) is 0 Å². The molecular formula is C10H10Cl3Y-. The molecule has 0 aliphatic heterocycles. The first kappa shape index (κ1) is 15.2. The number of benzene rings is 1. The molecule has 0 fully saturated rings. The molecule has 0 saturated heterocycles. The van der Waals surface area contributed by atoms with Gasteiger partial charge in [0.15, 0.2) is 3.79 Å². The van der Waals surface area contributed by atoms with Crippen molar-refractivity contribution in [2.75, 3.05) is 0 Å². The van der Waals surface area contributed by atoms with Crippen LogP contribution in [0.1, 0.15) is 16.7 Å². The van der Waals surface area contributed by atoms with Crippen molar-refractivity contribution in [3.8, 4) is 0 Å². The first-order valence-corrected chi connectivity index (χ1v) is 5.06. The molecule has 1 rings (SSSR count). The van der Waals surface area contributed by atoms with Gasteiger partial charge in [-0.2, -0.15) is 29.3 Å². The molecule has 4 heteroatoms. The number of alkyl halides is 3. The Labute approximate surface area is 125 Å². The van der Waals surface area contributed by atoms with E-state index in [-0.39, 0.29) is 32.7 Å². The zero-order valence-electron chi connectivity index (χ0n) is 8.07. The maximum absolute atomic E-state index is 5.73. The summed E-state index contributed by atoms with van der Waals surface area (Å²) in [6.07, 6.45) is 0.448. The van der Waals surface area contributed by atoms with Crippen LogP contribution in [0.15, 0.2) is 12.1 Å². The van der Waals surface area contributed by atoms with Crippen molar-refractivity contribution in [1.29, 1.82) is 0 Å². The average molecular weight is 325 g/mol. The van der Waals surface area contributed by atoms with Crippen molar-refractivity contribution >= 4 is 34.8 Å². The SMILES string of the molecule is Cc1c[c-]cc(C)c1CC(Cl)(Cl)Cl.[Y]. The summed E-state index contributed by atoms with van der Waals surface area (Å²) >= 11 is 17.2. The quantitative estimate of drug-likeness (QED) is 0.540. The van der Waals surface area contributed by atoms with E-state index in [0.29, 0.717) is 6.42 Å². The summed E-state index contributed by atoms with van der Waals surface area (Å²) < 4.78 is -1.21. The van der Waals surface area contributed by atoms with Crippen LogP contribution in [-0.4, -0.2) is 3.79 Å². The fourth-order valence-corrected chi connectivity index (χ4v) is 1.66. The van der Waals surface area contributed by atoms with Crippen molar-refractivity contribution in [2.24, 2.45) is 0 Å². The molecule has 0 bridgehead atoms. The molecule has 0 heterocycles. The molecule has 0 saturated carbocycles. The van der Waals surface area contributed by atoms with Gasteiger partial charge in [0, 0.05) is 32.7 Å². The van der Waals surface area contributed by atoms with Gasteiger partial charge in [-0.05, 0) is 6.42 Å². The second-order valence-corrected chi connectivity index (χ2v) is 5.61. The summed E-state index contributed by atoms with van der Waals surface area (Å²) in [7, 11) is 0. The van der Waals surface area contributed by atoms with Crippen LogP contribution >= 0.6 is 34.8 Å². The average Bonchev–Trinajstić information content (AvgIpc) is 1.95. The molecule has 0 aliphatic rings. The van der Waals surface area contributed by atoms with Crippen LogP contribution < -0.4 is 0 Å². The van der Waals surface area contributed by atoms with E-state index in [1.807, 2.05) is 26.0 Å². The number of aryl methyl sites for hydroxylation is 2. The van der Waals surface area contributed by atoms with Crippen LogP contribution in [0.3, 0.4) is 0 Å². The van der Waals surface area contributed by atoms with Crippen molar-refractivity contribution in [2.45, 2.75) is 24.1 Å². The van der Waals surface area contributed by atoms with Crippen LogP contribution in [0.4, 0.5) is 0 Å². The van der Waals surface area contributed by atoms with Gasteiger partial charge < -0.3 is 0 Å². The van der Waals surface area contributed by atoms with Gasteiger partial charge in [0.25, 0.3) is 0 Å². The molecule has 0 N–H and O–H groups in total. The maximum Gasteiger partial charge on any atom is 0.192 e. The van der Waals surface area contributed by atoms with Crippen LogP contribution in [-0.2, 0) is 39.1 Å². The van der Waals surface area contributed by atoms with Gasteiger partial charge in [0.2, 0.25) is 0 Å². The number of hydrogen-bond donors (Lipinski definition) is 0. The van der Waals surface area contributed by atoms with Crippen LogP contribution in [0.5, 0.6) is 0 Å². The van der Waals surface area contributed by atoms with E-state index in [0.717, 1.165) is 16.7 Å². The molecule has 1 radical (unpaired) electrons. The summed E-state index contributed by atoms with van der Waals surface area (Å²) in [6.45, 7) is 3.99. The molecule has 0 atom stereocenters. The Kier molecular flexibility index (Phi) is 6.58. The first-order chi connectivity index (χ1) is 5.90. The Morgan fingerprint density at radius 3 is 1.93 bits per heavy atom. The predicted octanol–water partition coefficient (Wildman–Crippen LogP) is 4.01. The molecule has 0 spiro atoms. The second-order valence-electron chi connectivity index (χ2n) is 3.09. The van der Waals surface area contributed by atoms with E-state index < -0.39 is 3.79 Å². The molecule has 14 heavy (non-hydrogen) atoms. The van der Waals surface area contributed by atoms with Crippen molar-refractivity contribution in [3.05, 3.63) is 34.9 Å². The minimum Gasteiger partial charge on any atom is -0.183 e. The smallest absolute Gasteiger partial charge is 0.183 e. The second kappa shape index (κ2) is 6.06. The largest absolute Gasteiger partial charge is 0.192 e. The molecule has 1 aromatic carbocycles. The topological polar surface area (TPSA) is 0 Å². The Morgan fingerprint density at radius 2 is 1.57 bits per heavy atom. The minimum atomic E-state index is -1.21. The summed E-state index contributed by atoms with van der Waals surface area (Å²) in [6, 6.07) is 6.83. The summed E-state index contributed by atoms with van der Waals surface area (Å²) in [5.74, 6) is 0. The molecule has 0 aromatic heterocycles. The fourth-order valence-electron chi connectivity index (χ4n) is 1.26. The normalized spacial score (nSPS) is 10.9. The Bertz CT molecular complexity index is 284. The third-order valence-electron chi connectivity index (χ3n) is 1.93. The molecule has 0 unspecified atom stereocenters. The third-order valence-corrected chi connectivity index (χ3v) is 2.33. The van der Waals surface area contributed by atoms with Gasteiger partial charge in [-0.15, -0.1) is 5.56 Å². The number of hydrogen-bond acceptors (Lipinski definition) is 0. The van der Waals surface area contributed by atoms with E-state index in [1.165, 1.54) is 0 Å². The molecule has 0 amide bonds. The Morgan fingerprint density at radius 1 is 1.14 bits per heavy atom.